The lowest BCUT2D eigenvalue weighted by Gasteiger charge is -2.07. The Morgan fingerprint density at radius 1 is 1.35 bits per heavy atom. The van der Waals surface area contributed by atoms with E-state index in [-0.39, 0.29) is 12.2 Å². The van der Waals surface area contributed by atoms with Gasteiger partial charge in [0.2, 0.25) is 0 Å². The van der Waals surface area contributed by atoms with Gasteiger partial charge in [-0.2, -0.15) is 0 Å². The van der Waals surface area contributed by atoms with Crippen LogP contribution >= 0.6 is 0 Å². The largest absolute Gasteiger partial charge is 0.508 e. The number of unbranched alkanes of at least 4 members (excludes halogenated alkanes) is 2. The monoisotopic (exact) mass is 278 g/mol. The molecule has 20 heavy (non-hydrogen) atoms. The second kappa shape index (κ2) is 8.79. The zero-order valence-electron chi connectivity index (χ0n) is 11.1. The molecule has 0 unspecified atom stereocenters. The number of carbonyl (C=O) groups is 1. The summed E-state index contributed by atoms with van der Waals surface area (Å²) in [6, 6.07) is 4.77. The third kappa shape index (κ3) is 6.08. The number of hydrogen-bond acceptors (Lipinski definition) is 4. The lowest BCUT2D eigenvalue weighted by molar-refractivity contribution is -0.137. The normalized spacial score (nSPS) is 10.0. The van der Waals surface area contributed by atoms with Crippen molar-refractivity contribution in [3.8, 4) is 5.75 Å². The highest BCUT2D eigenvalue weighted by molar-refractivity contribution is 5.66. The van der Waals surface area contributed by atoms with Crippen LogP contribution in [0.15, 0.2) is 23.3 Å². The van der Waals surface area contributed by atoms with E-state index in [0.29, 0.717) is 18.7 Å². The number of hydrogen-bond donors (Lipinski definition) is 3. The number of rotatable bonds is 9. The first kappa shape index (κ1) is 15.8. The molecular weight excluding hydrogens is 260 g/mol. The minimum atomic E-state index is -0.761. The molecule has 0 amide bonds. The number of nitrogens with zero attached hydrogens (tertiary/aromatic N) is 3. The molecule has 7 heteroatoms. The molecule has 0 aliphatic rings. The van der Waals surface area contributed by atoms with E-state index in [4.69, 9.17) is 10.6 Å². The van der Waals surface area contributed by atoms with Crippen LogP contribution in [0.1, 0.15) is 31.2 Å². The van der Waals surface area contributed by atoms with Crippen LogP contribution < -0.4 is 5.32 Å². The zero-order chi connectivity index (χ0) is 14.8. The maximum Gasteiger partial charge on any atom is 0.303 e. The minimum absolute atomic E-state index is 0.0910. The average Bonchev–Trinajstić information content (AvgIpc) is 2.40. The zero-order valence-corrected chi connectivity index (χ0v) is 11.1. The Balaban J connectivity index is 2.25. The molecular formula is C13H18N4O3. The fraction of sp³-hybridized carbons (Fsp3) is 0.462. The van der Waals surface area contributed by atoms with Gasteiger partial charge in [-0.25, -0.2) is 0 Å². The summed E-state index contributed by atoms with van der Waals surface area (Å²) < 4.78 is 0. The van der Waals surface area contributed by atoms with Crippen molar-refractivity contribution in [2.24, 2.45) is 5.11 Å². The van der Waals surface area contributed by atoms with E-state index in [2.05, 4.69) is 15.3 Å². The van der Waals surface area contributed by atoms with Gasteiger partial charge in [-0.15, -0.1) is 0 Å². The number of benzene rings is 1. The van der Waals surface area contributed by atoms with E-state index in [1.807, 2.05) is 0 Å². The lowest BCUT2D eigenvalue weighted by atomic mass is 10.1. The van der Waals surface area contributed by atoms with Crippen molar-refractivity contribution >= 4 is 11.7 Å². The third-order valence-electron chi connectivity index (χ3n) is 2.79. The summed E-state index contributed by atoms with van der Waals surface area (Å²) in [7, 11) is 0. The van der Waals surface area contributed by atoms with Crippen LogP contribution in [0.25, 0.3) is 10.4 Å². The summed E-state index contributed by atoms with van der Waals surface area (Å²) in [5, 5.41) is 24.8. The molecule has 0 aromatic heterocycles. The Kier molecular flexibility index (Phi) is 6.95. The number of phenolic OH excluding ortho intramolecular Hbond substituents is 1. The van der Waals surface area contributed by atoms with Crippen LogP contribution in [-0.4, -0.2) is 22.7 Å². The number of aliphatic carboxylic acids is 1. The van der Waals surface area contributed by atoms with Crippen LogP contribution in [0, 0.1) is 0 Å². The first-order valence-electron chi connectivity index (χ1n) is 6.43. The summed E-state index contributed by atoms with van der Waals surface area (Å²) in [6.45, 7) is 1.28. The summed E-state index contributed by atoms with van der Waals surface area (Å²) >= 11 is 0. The topological polar surface area (TPSA) is 118 Å². The van der Waals surface area contributed by atoms with Crippen LogP contribution in [0.2, 0.25) is 0 Å². The van der Waals surface area contributed by atoms with Crippen molar-refractivity contribution in [1.82, 2.24) is 5.32 Å². The predicted molar refractivity (Wildman–Crippen MR) is 74.7 cm³/mol. The van der Waals surface area contributed by atoms with Gasteiger partial charge in [-0.1, -0.05) is 23.7 Å². The summed E-state index contributed by atoms with van der Waals surface area (Å²) in [5.41, 5.74) is 9.39. The van der Waals surface area contributed by atoms with Gasteiger partial charge in [0.1, 0.15) is 5.75 Å². The fourth-order valence-electron chi connectivity index (χ4n) is 1.74. The molecule has 0 radical (unpaired) electrons. The van der Waals surface area contributed by atoms with Crippen molar-refractivity contribution < 1.29 is 15.0 Å². The molecule has 1 aromatic carbocycles. The van der Waals surface area contributed by atoms with Crippen LogP contribution in [0.5, 0.6) is 5.75 Å². The lowest BCUT2D eigenvalue weighted by Crippen LogP contribution is -2.14. The maximum absolute atomic E-state index is 10.3. The van der Waals surface area contributed by atoms with E-state index >= 15 is 0 Å². The van der Waals surface area contributed by atoms with Crippen LogP contribution in [0.3, 0.4) is 0 Å². The molecule has 7 nitrogen and oxygen atoms in total. The van der Waals surface area contributed by atoms with Gasteiger partial charge in [0.25, 0.3) is 0 Å². The average molecular weight is 278 g/mol. The Morgan fingerprint density at radius 2 is 2.15 bits per heavy atom. The van der Waals surface area contributed by atoms with Gasteiger partial charge in [-0.05, 0) is 31.0 Å². The number of carboxylic acid groups (broad SMARTS) is 1. The number of aromatic hydroxyl groups is 1. The Labute approximate surface area is 116 Å². The highest BCUT2D eigenvalue weighted by atomic mass is 16.4. The molecule has 0 heterocycles. The Hall–Kier alpha value is -2.24. The molecule has 0 bridgehead atoms. The number of carboxylic acids is 1. The predicted octanol–water partition coefficient (Wildman–Crippen LogP) is 3.07. The summed E-state index contributed by atoms with van der Waals surface area (Å²) in [4.78, 5) is 13.0. The molecule has 0 saturated carbocycles. The van der Waals surface area contributed by atoms with Crippen molar-refractivity contribution in [3.05, 3.63) is 34.2 Å². The van der Waals surface area contributed by atoms with Gasteiger partial charge in [0.15, 0.2) is 0 Å². The molecule has 3 N–H and O–H groups in total. The second-order valence-electron chi connectivity index (χ2n) is 4.38. The SMILES string of the molecule is [N-]=[N+]=Nc1ccc(CNCCCCCC(=O)O)c(O)c1. The van der Waals surface area contributed by atoms with Crippen LogP contribution in [0.4, 0.5) is 5.69 Å². The molecule has 0 fully saturated rings. The molecule has 0 aliphatic heterocycles. The van der Waals surface area contributed by atoms with Gasteiger partial charge < -0.3 is 15.5 Å². The summed E-state index contributed by atoms with van der Waals surface area (Å²) in [5.74, 6) is -0.670. The fourth-order valence-corrected chi connectivity index (χ4v) is 1.74. The maximum atomic E-state index is 10.3. The Morgan fingerprint density at radius 3 is 2.80 bits per heavy atom. The van der Waals surface area contributed by atoms with Gasteiger partial charge in [0.05, 0.1) is 0 Å². The molecule has 0 atom stereocenters. The van der Waals surface area contributed by atoms with Crippen molar-refractivity contribution in [2.75, 3.05) is 6.54 Å². The van der Waals surface area contributed by atoms with E-state index in [0.717, 1.165) is 24.9 Å². The van der Waals surface area contributed by atoms with Crippen molar-refractivity contribution in [1.29, 1.82) is 0 Å². The van der Waals surface area contributed by atoms with Gasteiger partial charge in [0, 0.05) is 29.1 Å². The molecule has 1 rings (SSSR count). The van der Waals surface area contributed by atoms with Gasteiger partial charge >= 0.3 is 5.97 Å². The minimum Gasteiger partial charge on any atom is -0.508 e. The molecule has 0 saturated heterocycles. The second-order valence-corrected chi connectivity index (χ2v) is 4.38. The smallest absolute Gasteiger partial charge is 0.303 e. The molecule has 108 valence electrons. The number of azide groups is 1. The first-order chi connectivity index (χ1) is 9.63. The van der Waals surface area contributed by atoms with E-state index < -0.39 is 5.97 Å². The Bertz CT molecular complexity index is 498. The molecule has 0 spiro atoms. The molecule has 1 aromatic rings. The van der Waals surface area contributed by atoms with Crippen LogP contribution in [-0.2, 0) is 11.3 Å². The summed E-state index contributed by atoms with van der Waals surface area (Å²) in [6.07, 6.45) is 2.65. The van der Waals surface area contributed by atoms with E-state index in [1.54, 1.807) is 12.1 Å². The van der Waals surface area contributed by atoms with Crippen molar-refractivity contribution in [3.63, 3.8) is 0 Å². The first-order valence-corrected chi connectivity index (χ1v) is 6.43. The highest BCUT2D eigenvalue weighted by Gasteiger charge is 2.02. The highest BCUT2D eigenvalue weighted by Crippen LogP contribution is 2.23. The quantitative estimate of drug-likeness (QED) is 0.278. The molecule has 0 aliphatic carbocycles. The van der Waals surface area contributed by atoms with E-state index in [9.17, 15) is 9.90 Å². The standard InChI is InChI=1S/C13H18N4O3/c14-17-16-11-6-5-10(12(18)8-11)9-15-7-3-1-2-4-13(19)20/h5-6,8,15,18H,1-4,7,9H2,(H,19,20). The van der Waals surface area contributed by atoms with E-state index in [1.165, 1.54) is 6.07 Å². The van der Waals surface area contributed by atoms with Gasteiger partial charge in [-0.3, -0.25) is 4.79 Å². The number of phenols is 1. The van der Waals surface area contributed by atoms with Crippen molar-refractivity contribution in [2.45, 2.75) is 32.2 Å². The number of nitrogens with one attached hydrogen (secondary N) is 1. The third-order valence-corrected chi connectivity index (χ3v) is 2.79.